The fraction of sp³-hybridized carbons (Fsp3) is 0.457. The van der Waals surface area contributed by atoms with Crippen molar-refractivity contribution in [3.05, 3.63) is 63.8 Å². The Morgan fingerprint density at radius 2 is 1.88 bits per heavy atom. The number of aliphatic hydroxyl groups excluding tert-OH is 2. The van der Waals surface area contributed by atoms with Gasteiger partial charge >= 0.3 is 7.82 Å². The van der Waals surface area contributed by atoms with Crippen molar-refractivity contribution in [2.24, 2.45) is 5.92 Å². The number of carbonyl (C=O) groups excluding carboxylic acids is 2. The molecule has 25 heteroatoms. The molecule has 4 aromatic heterocycles. The Labute approximate surface area is 342 Å². The second-order valence-corrected chi connectivity index (χ2v) is 16.1. The number of methoxy groups -OCH3 is 1. The van der Waals surface area contributed by atoms with E-state index < -0.39 is 100.0 Å². The number of nitrogens with one attached hydrogen (secondary N) is 3. The van der Waals surface area contributed by atoms with Crippen molar-refractivity contribution in [2.75, 3.05) is 37.6 Å². The van der Waals surface area contributed by atoms with Crippen LogP contribution in [0.5, 0.6) is 0 Å². The van der Waals surface area contributed by atoms with Gasteiger partial charge in [0.15, 0.2) is 34.9 Å². The van der Waals surface area contributed by atoms with Crippen molar-refractivity contribution >= 4 is 65.1 Å². The highest BCUT2D eigenvalue weighted by Crippen LogP contribution is 2.56. The number of nitrogens with zero attached hydrogens (tertiary/aromatic N) is 7. The summed E-state index contributed by atoms with van der Waals surface area (Å²) in [5.41, 5.74) is -0.283. The number of phosphoric ester groups is 1. The number of rotatable bonds is 16. The lowest BCUT2D eigenvalue weighted by Gasteiger charge is -2.27. The Bertz CT molecular complexity index is 2500. The van der Waals surface area contributed by atoms with Crippen molar-refractivity contribution < 1.29 is 56.5 Å². The van der Waals surface area contributed by atoms with Gasteiger partial charge in [0.1, 0.15) is 48.5 Å². The normalized spacial score (nSPS) is 25.1. The van der Waals surface area contributed by atoms with Crippen LogP contribution in [-0.4, -0.2) is 120 Å². The molecule has 0 spiro atoms. The van der Waals surface area contributed by atoms with Gasteiger partial charge in [0.2, 0.25) is 11.9 Å². The summed E-state index contributed by atoms with van der Waals surface area (Å²) in [5, 5.41) is 35.6. The second kappa shape index (κ2) is 18.2. The first-order valence-electron chi connectivity index (χ1n) is 18.3. The molecule has 0 radical (unpaired) electrons. The van der Waals surface area contributed by atoms with Crippen LogP contribution in [0.3, 0.4) is 0 Å². The van der Waals surface area contributed by atoms with Crippen molar-refractivity contribution in [3.63, 3.8) is 0 Å². The molecule has 0 aliphatic carbocycles. The molecule has 1 aromatic carbocycles. The number of carbonyl (C=O) groups is 2. The first-order chi connectivity index (χ1) is 28.9. The number of aromatic amines is 1. The molecule has 5 aromatic rings. The maximum absolute atomic E-state index is 15.9. The maximum Gasteiger partial charge on any atom is 0.475 e. The summed E-state index contributed by atoms with van der Waals surface area (Å²) in [6, 6.07) is 10.2. The number of anilines is 2. The van der Waals surface area contributed by atoms with Crippen LogP contribution < -0.4 is 16.2 Å². The Balaban J connectivity index is 1.12. The monoisotopic (exact) mass is 872 g/mol. The zero-order chi connectivity index (χ0) is 42.7. The summed E-state index contributed by atoms with van der Waals surface area (Å²) in [6.45, 7) is 1.45. The van der Waals surface area contributed by atoms with Gasteiger partial charge in [0, 0.05) is 18.6 Å². The lowest BCUT2D eigenvalue weighted by Crippen LogP contribution is -2.36. The maximum atomic E-state index is 15.9. The minimum absolute atomic E-state index is 0.00139. The van der Waals surface area contributed by atoms with Crippen molar-refractivity contribution in [1.82, 2.24) is 33.9 Å². The van der Waals surface area contributed by atoms with Crippen LogP contribution in [0, 0.1) is 17.2 Å². The fourth-order valence-corrected chi connectivity index (χ4v) is 8.68. The van der Waals surface area contributed by atoms with Gasteiger partial charge in [-0.05, 0) is 23.7 Å². The van der Waals surface area contributed by atoms with Crippen LogP contribution in [-0.2, 0) is 37.1 Å². The predicted molar refractivity (Wildman–Crippen MR) is 206 cm³/mol. The van der Waals surface area contributed by atoms with Gasteiger partial charge in [-0.25, -0.2) is 28.9 Å². The number of aromatic nitrogens is 7. The molecule has 6 heterocycles. The van der Waals surface area contributed by atoms with Crippen LogP contribution in [0.4, 0.5) is 16.2 Å². The molecule has 2 fully saturated rings. The molecule has 22 nitrogen and oxygen atoms in total. The predicted octanol–water partition coefficient (Wildman–Crippen LogP) is 2.55. The molecular weight excluding hydrogens is 834 g/mol. The topological polar surface area (TPSA) is 297 Å². The van der Waals surface area contributed by atoms with Crippen LogP contribution in [0.25, 0.3) is 22.2 Å². The molecule has 2 saturated heterocycles. The summed E-state index contributed by atoms with van der Waals surface area (Å²) in [7, 11) is -3.57. The first-order valence-corrected chi connectivity index (χ1v) is 20.5. The number of nitriles is 1. The van der Waals surface area contributed by atoms with Gasteiger partial charge in [-0.15, -0.1) is 0 Å². The standard InChI is InChI=1S/C35H38FN10O12PS/c1-16(2)31(49)43-35-41-21-22(33(51)44-35)45-60-28(21)27-26(25(53-3)18(12-47)56-27)58-59(52,54-11-7-10-37)55-13-19-24(48)20(36)34(57-19)46-15-40-23-29(38-14-39-30(23)46)42-32(50)17-8-5-4-6-9-17/h4-6,8-9,14-16,18-20,24-27,34,47-48H,7,11-13H2,1-3H3,(H,38,39,42,50)(H2,41,43,44,49,51)/t18-,19-,20-,24-,25-,26-,27-,34-,59?/m1/s1. The molecule has 0 bridgehead atoms. The van der Waals surface area contributed by atoms with E-state index in [1.807, 2.05) is 6.07 Å². The average molecular weight is 873 g/mol. The summed E-state index contributed by atoms with van der Waals surface area (Å²) in [4.78, 5) is 57.7. The molecule has 7 rings (SSSR count). The van der Waals surface area contributed by atoms with E-state index in [4.69, 9.17) is 27.8 Å². The van der Waals surface area contributed by atoms with Crippen molar-refractivity contribution in [1.29, 1.82) is 5.26 Å². The van der Waals surface area contributed by atoms with Crippen LogP contribution >= 0.6 is 19.4 Å². The summed E-state index contributed by atoms with van der Waals surface area (Å²) in [5.74, 6) is -1.49. The molecule has 60 heavy (non-hydrogen) atoms. The molecule has 2 aliphatic rings. The lowest BCUT2D eigenvalue weighted by atomic mass is 10.1. The Hall–Kier alpha value is -5.19. The second-order valence-electron chi connectivity index (χ2n) is 13.7. The number of halogens is 1. The largest absolute Gasteiger partial charge is 0.475 e. The molecular formula is C35H38FN10O12PS. The quantitative estimate of drug-likeness (QED) is 0.0703. The van der Waals surface area contributed by atoms with E-state index in [1.165, 1.54) is 18.0 Å². The zero-order valence-corrected chi connectivity index (χ0v) is 33.6. The summed E-state index contributed by atoms with van der Waals surface area (Å²) < 4.78 is 70.4. The molecule has 2 aliphatic heterocycles. The minimum Gasteiger partial charge on any atom is -0.394 e. The number of amides is 2. The smallest absolute Gasteiger partial charge is 0.394 e. The number of H-pyrrole nitrogens is 1. The molecule has 2 amide bonds. The number of alkyl halides is 1. The van der Waals surface area contributed by atoms with Crippen LogP contribution in [0.1, 0.15) is 47.8 Å². The van der Waals surface area contributed by atoms with Gasteiger partial charge in [-0.3, -0.25) is 42.8 Å². The van der Waals surface area contributed by atoms with Gasteiger partial charge in [-0.1, -0.05) is 32.0 Å². The number of benzene rings is 1. The molecule has 0 saturated carbocycles. The lowest BCUT2D eigenvalue weighted by molar-refractivity contribution is -0.118. The molecule has 9 atom stereocenters. The Morgan fingerprint density at radius 3 is 2.60 bits per heavy atom. The van der Waals surface area contributed by atoms with E-state index in [9.17, 15) is 34.4 Å². The number of imidazole rings is 1. The number of ether oxygens (including phenoxy) is 3. The van der Waals surface area contributed by atoms with Crippen LogP contribution in [0.15, 0.2) is 47.8 Å². The number of hydrogen-bond acceptors (Lipinski definition) is 19. The van der Waals surface area contributed by atoms with E-state index in [0.29, 0.717) is 5.56 Å². The van der Waals surface area contributed by atoms with Gasteiger partial charge in [0.25, 0.3) is 11.5 Å². The molecule has 1 unspecified atom stereocenters. The van der Waals surface area contributed by atoms with E-state index in [0.717, 1.165) is 17.9 Å². The van der Waals surface area contributed by atoms with E-state index in [-0.39, 0.29) is 45.3 Å². The third-order valence-corrected chi connectivity index (χ3v) is 11.8. The van der Waals surface area contributed by atoms with E-state index in [2.05, 4.69) is 39.9 Å². The fourth-order valence-electron chi connectivity index (χ4n) is 6.43. The highest BCUT2D eigenvalue weighted by Gasteiger charge is 2.53. The number of hydrogen-bond donors (Lipinski definition) is 5. The summed E-state index contributed by atoms with van der Waals surface area (Å²) in [6.07, 6.45) is -9.87. The van der Waals surface area contributed by atoms with Crippen molar-refractivity contribution in [2.45, 2.75) is 69.3 Å². The zero-order valence-electron chi connectivity index (χ0n) is 31.9. The van der Waals surface area contributed by atoms with E-state index >= 15 is 4.39 Å². The number of aliphatic hydroxyl groups is 2. The summed E-state index contributed by atoms with van der Waals surface area (Å²) >= 11 is 0.787. The molecule has 5 N–H and O–H groups in total. The highest BCUT2D eigenvalue weighted by atomic mass is 32.1. The minimum atomic E-state index is -4.84. The number of fused-ring (bicyclic) bond motifs is 2. The van der Waals surface area contributed by atoms with E-state index in [1.54, 1.807) is 44.2 Å². The van der Waals surface area contributed by atoms with Crippen molar-refractivity contribution in [3.8, 4) is 6.07 Å². The van der Waals surface area contributed by atoms with Crippen LogP contribution in [0.2, 0.25) is 0 Å². The highest BCUT2D eigenvalue weighted by molar-refractivity contribution is 7.48. The molecule has 318 valence electrons. The third-order valence-electron chi connectivity index (χ3n) is 9.46. The number of phosphoric acid groups is 1. The SMILES string of the molecule is CO[C@H]1[C@@H](OP(=O)(OCCC#N)OC[C@H]2O[C@@H](n3cnc4c(NC(=O)c5ccccc5)ncnc43)[C@H](F)[C@@H]2O)[C@H](c2snc3c(=O)[nH]c(NC(=O)C(C)C)nc23)O[C@@H]1CO. The first kappa shape index (κ1) is 42.9. The van der Waals surface area contributed by atoms with Gasteiger partial charge in [0.05, 0.1) is 43.5 Å². The third kappa shape index (κ3) is 8.68. The van der Waals surface area contributed by atoms with Gasteiger partial charge in [-0.2, -0.15) is 9.64 Å². The Morgan fingerprint density at radius 1 is 1.10 bits per heavy atom. The van der Waals surface area contributed by atoms with Gasteiger partial charge < -0.3 is 29.7 Å². The Kier molecular flexibility index (Phi) is 13.0. The average Bonchev–Trinajstić information content (AvgIpc) is 4.01.